The maximum atomic E-state index is 11.4. The van der Waals surface area contributed by atoms with E-state index in [4.69, 9.17) is 5.11 Å². The third kappa shape index (κ3) is 4.89. The fraction of sp³-hybridized carbons (Fsp3) is 0.500. The summed E-state index contributed by atoms with van der Waals surface area (Å²) >= 11 is 0. The fourth-order valence-electron chi connectivity index (χ4n) is 1.06. The van der Waals surface area contributed by atoms with Crippen LogP contribution in [0.2, 0.25) is 0 Å². The lowest BCUT2D eigenvalue weighted by atomic mass is 10.3. The van der Waals surface area contributed by atoms with E-state index >= 15 is 0 Å². The Labute approximate surface area is 92.9 Å². The Morgan fingerprint density at radius 1 is 1.56 bits per heavy atom. The highest BCUT2D eigenvalue weighted by Gasteiger charge is 2.11. The number of rotatable bonds is 7. The molecule has 0 bridgehead atoms. The molecule has 0 amide bonds. The number of aliphatic carboxylic acids is 1. The topological polar surface area (TPSA) is 112 Å². The van der Waals surface area contributed by atoms with Gasteiger partial charge >= 0.3 is 5.97 Å². The highest BCUT2D eigenvalue weighted by molar-refractivity contribution is 7.89. The van der Waals surface area contributed by atoms with Gasteiger partial charge in [0.15, 0.2) is 0 Å². The molecule has 0 aliphatic carbocycles. The number of carboxylic acid groups (broad SMARTS) is 1. The van der Waals surface area contributed by atoms with Gasteiger partial charge in [-0.25, -0.2) is 13.1 Å². The Bertz CT molecular complexity index is 426. The highest BCUT2D eigenvalue weighted by atomic mass is 32.2. The van der Waals surface area contributed by atoms with Gasteiger partial charge in [-0.3, -0.25) is 9.89 Å². The van der Waals surface area contributed by atoms with Gasteiger partial charge in [-0.15, -0.1) is 0 Å². The molecule has 1 aromatic rings. The van der Waals surface area contributed by atoms with Gasteiger partial charge in [-0.1, -0.05) is 0 Å². The van der Waals surface area contributed by atoms with Gasteiger partial charge in [0.05, 0.1) is 18.0 Å². The van der Waals surface area contributed by atoms with E-state index in [0.29, 0.717) is 5.69 Å². The van der Waals surface area contributed by atoms with Crippen molar-refractivity contribution >= 4 is 16.0 Å². The molecule has 90 valence electrons. The number of carbonyl (C=O) groups is 1. The average Bonchev–Trinajstić information content (AvgIpc) is 2.66. The normalized spacial score (nSPS) is 11.5. The zero-order valence-electron chi connectivity index (χ0n) is 8.51. The van der Waals surface area contributed by atoms with E-state index in [-0.39, 0.29) is 25.1 Å². The molecule has 3 N–H and O–H groups in total. The van der Waals surface area contributed by atoms with Crippen LogP contribution in [0.1, 0.15) is 18.5 Å². The molecule has 16 heavy (non-hydrogen) atoms. The SMILES string of the molecule is O=C(O)CCCS(=O)(=O)NCc1ccn[nH]1. The number of aromatic amines is 1. The van der Waals surface area contributed by atoms with Gasteiger partial charge in [0.1, 0.15) is 0 Å². The monoisotopic (exact) mass is 247 g/mol. The van der Waals surface area contributed by atoms with Crippen molar-refractivity contribution in [3.8, 4) is 0 Å². The Morgan fingerprint density at radius 2 is 2.31 bits per heavy atom. The van der Waals surface area contributed by atoms with E-state index in [9.17, 15) is 13.2 Å². The molecule has 0 spiro atoms. The molecule has 0 fully saturated rings. The lowest BCUT2D eigenvalue weighted by molar-refractivity contribution is -0.137. The number of nitrogens with one attached hydrogen (secondary N) is 2. The van der Waals surface area contributed by atoms with Crippen LogP contribution in [-0.2, 0) is 21.4 Å². The van der Waals surface area contributed by atoms with E-state index in [1.807, 2.05) is 0 Å². The average molecular weight is 247 g/mol. The number of carboxylic acids is 1. The van der Waals surface area contributed by atoms with Crippen LogP contribution in [0.4, 0.5) is 0 Å². The smallest absolute Gasteiger partial charge is 0.303 e. The molecule has 0 atom stereocenters. The lowest BCUT2D eigenvalue weighted by Crippen LogP contribution is -2.26. The van der Waals surface area contributed by atoms with Crippen LogP contribution in [0.5, 0.6) is 0 Å². The molecular weight excluding hydrogens is 234 g/mol. The summed E-state index contributed by atoms with van der Waals surface area (Å²) in [6.07, 6.45) is 1.48. The molecule has 0 radical (unpaired) electrons. The van der Waals surface area contributed by atoms with Crippen molar-refractivity contribution in [1.29, 1.82) is 0 Å². The molecule has 0 aliphatic rings. The van der Waals surface area contributed by atoms with Crippen molar-refractivity contribution in [2.75, 3.05) is 5.75 Å². The third-order valence-electron chi connectivity index (χ3n) is 1.84. The number of sulfonamides is 1. The molecule has 1 rings (SSSR count). The van der Waals surface area contributed by atoms with Gasteiger partial charge in [0.25, 0.3) is 0 Å². The predicted octanol–water partition coefficient (Wildman–Crippen LogP) is -0.306. The largest absolute Gasteiger partial charge is 0.481 e. The second-order valence-electron chi connectivity index (χ2n) is 3.22. The van der Waals surface area contributed by atoms with Crippen molar-refractivity contribution in [3.05, 3.63) is 18.0 Å². The maximum absolute atomic E-state index is 11.4. The summed E-state index contributed by atoms with van der Waals surface area (Å²) in [7, 11) is -3.41. The first-order valence-corrected chi connectivity index (χ1v) is 6.32. The maximum Gasteiger partial charge on any atom is 0.303 e. The summed E-state index contributed by atoms with van der Waals surface area (Å²) in [5, 5.41) is 14.6. The van der Waals surface area contributed by atoms with Gasteiger partial charge in [0.2, 0.25) is 10.0 Å². The van der Waals surface area contributed by atoms with Crippen molar-refractivity contribution in [2.24, 2.45) is 0 Å². The summed E-state index contributed by atoms with van der Waals surface area (Å²) < 4.78 is 25.1. The van der Waals surface area contributed by atoms with Crippen LogP contribution in [0, 0.1) is 0 Å². The second-order valence-corrected chi connectivity index (χ2v) is 5.15. The minimum atomic E-state index is -3.41. The standard InChI is InChI=1S/C8H13N3O4S/c12-8(13)2-1-5-16(14,15)10-6-7-3-4-9-11-7/h3-4,10H,1-2,5-6H2,(H,9,11)(H,12,13). The van der Waals surface area contributed by atoms with E-state index in [1.165, 1.54) is 6.20 Å². The molecule has 1 heterocycles. The predicted molar refractivity (Wildman–Crippen MR) is 56.1 cm³/mol. The first-order valence-electron chi connectivity index (χ1n) is 4.67. The Balaban J connectivity index is 2.31. The molecule has 0 saturated carbocycles. The summed E-state index contributed by atoms with van der Waals surface area (Å²) in [4.78, 5) is 10.2. The van der Waals surface area contributed by atoms with E-state index < -0.39 is 16.0 Å². The molecule has 0 aliphatic heterocycles. The van der Waals surface area contributed by atoms with Crippen molar-refractivity contribution < 1.29 is 18.3 Å². The zero-order valence-corrected chi connectivity index (χ0v) is 9.33. The van der Waals surface area contributed by atoms with Gasteiger partial charge in [0, 0.05) is 12.6 Å². The number of hydrogen-bond donors (Lipinski definition) is 3. The minimum Gasteiger partial charge on any atom is -0.481 e. The zero-order chi connectivity index (χ0) is 12.0. The fourth-order valence-corrected chi connectivity index (χ4v) is 2.10. The Hall–Kier alpha value is -1.41. The third-order valence-corrected chi connectivity index (χ3v) is 3.25. The summed E-state index contributed by atoms with van der Waals surface area (Å²) in [5.74, 6) is -1.18. The van der Waals surface area contributed by atoms with Crippen molar-refractivity contribution in [1.82, 2.24) is 14.9 Å². The first-order chi connectivity index (χ1) is 7.49. The van der Waals surface area contributed by atoms with E-state index in [0.717, 1.165) is 0 Å². The quantitative estimate of drug-likeness (QED) is 0.612. The Morgan fingerprint density at radius 3 is 2.88 bits per heavy atom. The molecule has 0 unspecified atom stereocenters. The van der Waals surface area contributed by atoms with E-state index in [1.54, 1.807) is 6.07 Å². The molecular formula is C8H13N3O4S. The van der Waals surface area contributed by atoms with Gasteiger partial charge < -0.3 is 5.11 Å². The minimum absolute atomic E-state index is 0.105. The number of hydrogen-bond acceptors (Lipinski definition) is 4. The summed E-state index contributed by atoms with van der Waals surface area (Å²) in [5.41, 5.74) is 0.654. The molecule has 0 saturated heterocycles. The van der Waals surface area contributed by atoms with Crippen LogP contribution < -0.4 is 4.72 Å². The summed E-state index contributed by atoms with van der Waals surface area (Å²) in [6, 6.07) is 1.65. The second kappa shape index (κ2) is 5.61. The molecule has 8 heteroatoms. The van der Waals surface area contributed by atoms with Gasteiger partial charge in [-0.2, -0.15) is 5.10 Å². The number of H-pyrrole nitrogens is 1. The van der Waals surface area contributed by atoms with Crippen LogP contribution in [0.25, 0.3) is 0 Å². The molecule has 7 nitrogen and oxygen atoms in total. The number of aromatic nitrogens is 2. The molecule has 0 aromatic carbocycles. The Kier molecular flexibility index (Phi) is 4.44. The van der Waals surface area contributed by atoms with Crippen LogP contribution >= 0.6 is 0 Å². The first kappa shape index (κ1) is 12.7. The van der Waals surface area contributed by atoms with Crippen LogP contribution in [-0.4, -0.2) is 35.4 Å². The van der Waals surface area contributed by atoms with E-state index in [2.05, 4.69) is 14.9 Å². The summed E-state index contributed by atoms with van der Waals surface area (Å²) in [6.45, 7) is 0.134. The van der Waals surface area contributed by atoms with Crippen LogP contribution in [0.3, 0.4) is 0 Å². The lowest BCUT2D eigenvalue weighted by Gasteiger charge is -2.04. The van der Waals surface area contributed by atoms with Crippen LogP contribution in [0.15, 0.2) is 12.3 Å². The van der Waals surface area contributed by atoms with Crippen molar-refractivity contribution in [3.63, 3.8) is 0 Å². The van der Waals surface area contributed by atoms with Gasteiger partial charge in [-0.05, 0) is 12.5 Å². The number of nitrogens with zero attached hydrogens (tertiary/aromatic N) is 1. The molecule has 1 aromatic heterocycles. The van der Waals surface area contributed by atoms with Crippen molar-refractivity contribution in [2.45, 2.75) is 19.4 Å². The highest BCUT2D eigenvalue weighted by Crippen LogP contribution is 1.97.